The van der Waals surface area contributed by atoms with Crippen LogP contribution >= 0.6 is 0 Å². The summed E-state index contributed by atoms with van der Waals surface area (Å²) in [6.07, 6.45) is 5.35. The number of rotatable bonds is 6. The van der Waals surface area contributed by atoms with Gasteiger partial charge in [0, 0.05) is 5.54 Å². The zero-order valence-electron chi connectivity index (χ0n) is 14.5. The molecule has 2 heteroatoms. The molecule has 0 aliphatic heterocycles. The molecule has 0 saturated heterocycles. The van der Waals surface area contributed by atoms with Gasteiger partial charge >= 0.3 is 0 Å². The molecule has 118 valence electrons. The van der Waals surface area contributed by atoms with Crippen molar-refractivity contribution in [2.24, 2.45) is 0 Å². The number of hydrogen-bond acceptors (Lipinski definition) is 2. The van der Waals surface area contributed by atoms with Gasteiger partial charge in [-0.1, -0.05) is 50.5 Å². The molecule has 0 heterocycles. The van der Waals surface area contributed by atoms with Gasteiger partial charge in [0.1, 0.15) is 0 Å². The zero-order valence-corrected chi connectivity index (χ0v) is 14.5. The fourth-order valence-corrected chi connectivity index (χ4v) is 4.49. The van der Waals surface area contributed by atoms with Crippen molar-refractivity contribution in [3.8, 4) is 0 Å². The van der Waals surface area contributed by atoms with Gasteiger partial charge in [0.15, 0.2) is 0 Å². The number of nitrogens with one attached hydrogen (secondary N) is 1. The number of nitrogens with zero attached hydrogens (tertiary/aromatic N) is 1. The predicted molar refractivity (Wildman–Crippen MR) is 91.8 cm³/mol. The highest BCUT2D eigenvalue weighted by molar-refractivity contribution is 5.35. The van der Waals surface area contributed by atoms with Gasteiger partial charge in [0.05, 0.1) is 6.04 Å². The lowest BCUT2D eigenvalue weighted by atomic mass is 9.80. The standard InChI is InChI=1S/C19H32N2/c1-6-21(7-2)19(12-8-9-13-19)18(20-5)17-11-10-15(3)14-16(17)4/h10-11,14,18,20H,6-9,12-13H2,1-5H3. The van der Waals surface area contributed by atoms with E-state index in [1.54, 1.807) is 0 Å². The number of likely N-dealkylation sites (N-methyl/N-ethyl adjacent to an activating group) is 2. The van der Waals surface area contributed by atoms with Crippen LogP contribution in [0.15, 0.2) is 18.2 Å². The zero-order chi connectivity index (χ0) is 15.5. The van der Waals surface area contributed by atoms with E-state index in [2.05, 4.69) is 63.2 Å². The molecule has 1 N–H and O–H groups in total. The van der Waals surface area contributed by atoms with Crippen molar-refractivity contribution in [1.29, 1.82) is 0 Å². The maximum Gasteiger partial charge on any atom is 0.0507 e. The van der Waals surface area contributed by atoms with Crippen LogP contribution in [0.4, 0.5) is 0 Å². The van der Waals surface area contributed by atoms with Crippen molar-refractivity contribution in [2.75, 3.05) is 20.1 Å². The summed E-state index contributed by atoms with van der Waals surface area (Å²) in [7, 11) is 2.13. The highest BCUT2D eigenvalue weighted by atomic mass is 15.2. The molecule has 1 fully saturated rings. The summed E-state index contributed by atoms with van der Waals surface area (Å²) in [5.41, 5.74) is 4.55. The van der Waals surface area contributed by atoms with E-state index < -0.39 is 0 Å². The summed E-state index contributed by atoms with van der Waals surface area (Å²) in [5, 5.41) is 3.67. The predicted octanol–water partition coefficient (Wildman–Crippen LogP) is 4.22. The first-order chi connectivity index (χ1) is 10.1. The molecule has 0 radical (unpaired) electrons. The molecule has 2 nitrogen and oxygen atoms in total. The molecule has 1 atom stereocenters. The van der Waals surface area contributed by atoms with Crippen LogP contribution < -0.4 is 5.32 Å². The molecule has 2 rings (SSSR count). The molecule has 1 aliphatic rings. The van der Waals surface area contributed by atoms with Crippen LogP contribution in [-0.2, 0) is 0 Å². The maximum atomic E-state index is 3.67. The average Bonchev–Trinajstić information content (AvgIpc) is 2.94. The second kappa shape index (κ2) is 6.93. The first-order valence-electron chi connectivity index (χ1n) is 8.58. The van der Waals surface area contributed by atoms with Gasteiger partial charge in [-0.05, 0) is 58.0 Å². The van der Waals surface area contributed by atoms with E-state index in [1.165, 1.54) is 42.4 Å². The van der Waals surface area contributed by atoms with Crippen LogP contribution in [0.1, 0.15) is 62.3 Å². The molecule has 21 heavy (non-hydrogen) atoms. The van der Waals surface area contributed by atoms with Gasteiger partial charge in [0.2, 0.25) is 0 Å². The third-order valence-electron chi connectivity index (χ3n) is 5.42. The molecule has 0 aromatic heterocycles. The van der Waals surface area contributed by atoms with Crippen LogP contribution in [0, 0.1) is 13.8 Å². The van der Waals surface area contributed by atoms with E-state index in [4.69, 9.17) is 0 Å². The average molecular weight is 288 g/mol. The fraction of sp³-hybridized carbons (Fsp3) is 0.684. The Hall–Kier alpha value is -0.860. The van der Waals surface area contributed by atoms with E-state index in [0.717, 1.165) is 13.1 Å². The van der Waals surface area contributed by atoms with E-state index in [1.807, 2.05) is 0 Å². The van der Waals surface area contributed by atoms with Gasteiger partial charge in [-0.15, -0.1) is 0 Å². The minimum Gasteiger partial charge on any atom is -0.311 e. The Morgan fingerprint density at radius 3 is 2.24 bits per heavy atom. The van der Waals surface area contributed by atoms with Crippen molar-refractivity contribution in [3.63, 3.8) is 0 Å². The van der Waals surface area contributed by atoms with Crippen molar-refractivity contribution < 1.29 is 0 Å². The first kappa shape index (κ1) is 16.5. The quantitative estimate of drug-likeness (QED) is 0.843. The summed E-state index contributed by atoms with van der Waals surface area (Å²) in [4.78, 5) is 2.69. The number of hydrogen-bond donors (Lipinski definition) is 1. The fourth-order valence-electron chi connectivity index (χ4n) is 4.49. The van der Waals surface area contributed by atoms with Gasteiger partial charge in [-0.3, -0.25) is 4.90 Å². The molecule has 0 bridgehead atoms. The minimum atomic E-state index is 0.290. The lowest BCUT2D eigenvalue weighted by Crippen LogP contribution is -2.54. The Morgan fingerprint density at radius 2 is 1.76 bits per heavy atom. The Bertz CT molecular complexity index is 457. The summed E-state index contributed by atoms with van der Waals surface area (Å²) in [5.74, 6) is 0. The lowest BCUT2D eigenvalue weighted by molar-refractivity contribution is 0.0653. The summed E-state index contributed by atoms with van der Waals surface area (Å²) in [6, 6.07) is 7.36. The third kappa shape index (κ3) is 3.02. The smallest absolute Gasteiger partial charge is 0.0507 e. The molecule has 1 aromatic rings. The van der Waals surface area contributed by atoms with E-state index in [0.29, 0.717) is 6.04 Å². The first-order valence-corrected chi connectivity index (χ1v) is 8.58. The van der Waals surface area contributed by atoms with Gasteiger partial charge in [-0.25, -0.2) is 0 Å². The normalized spacial score (nSPS) is 19.1. The molecular weight excluding hydrogens is 256 g/mol. The Morgan fingerprint density at radius 1 is 1.14 bits per heavy atom. The lowest BCUT2D eigenvalue weighted by Gasteiger charge is -2.47. The van der Waals surface area contributed by atoms with Gasteiger partial charge in [-0.2, -0.15) is 0 Å². The maximum absolute atomic E-state index is 3.67. The minimum absolute atomic E-state index is 0.290. The molecule has 1 saturated carbocycles. The van der Waals surface area contributed by atoms with E-state index in [9.17, 15) is 0 Å². The van der Waals surface area contributed by atoms with Crippen LogP contribution in [-0.4, -0.2) is 30.6 Å². The highest BCUT2D eigenvalue weighted by Crippen LogP contribution is 2.45. The Kier molecular flexibility index (Phi) is 5.45. The number of aryl methyl sites for hydroxylation is 2. The SMILES string of the molecule is CCN(CC)C1(C(NC)c2ccc(C)cc2C)CCCC1. The van der Waals surface area contributed by atoms with Crippen LogP contribution in [0.3, 0.4) is 0 Å². The monoisotopic (exact) mass is 288 g/mol. The molecule has 0 amide bonds. The molecule has 0 spiro atoms. The third-order valence-corrected chi connectivity index (χ3v) is 5.42. The topological polar surface area (TPSA) is 15.3 Å². The summed E-state index contributed by atoms with van der Waals surface area (Å²) < 4.78 is 0. The second-order valence-corrected chi connectivity index (χ2v) is 6.56. The Labute approximate surface area is 130 Å². The van der Waals surface area contributed by atoms with Crippen molar-refractivity contribution >= 4 is 0 Å². The largest absolute Gasteiger partial charge is 0.311 e. The van der Waals surface area contributed by atoms with Crippen LogP contribution in [0.25, 0.3) is 0 Å². The second-order valence-electron chi connectivity index (χ2n) is 6.56. The molecule has 1 unspecified atom stereocenters. The van der Waals surface area contributed by atoms with Crippen molar-refractivity contribution in [3.05, 3.63) is 34.9 Å². The summed E-state index contributed by atoms with van der Waals surface area (Å²) in [6.45, 7) is 11.3. The van der Waals surface area contributed by atoms with Crippen LogP contribution in [0.5, 0.6) is 0 Å². The van der Waals surface area contributed by atoms with E-state index >= 15 is 0 Å². The molecule has 1 aromatic carbocycles. The van der Waals surface area contributed by atoms with Crippen molar-refractivity contribution in [2.45, 2.75) is 65.0 Å². The number of benzene rings is 1. The van der Waals surface area contributed by atoms with Gasteiger partial charge < -0.3 is 5.32 Å². The Balaban J connectivity index is 2.45. The van der Waals surface area contributed by atoms with Crippen molar-refractivity contribution in [1.82, 2.24) is 10.2 Å². The molecular formula is C19H32N2. The van der Waals surface area contributed by atoms with Crippen LogP contribution in [0.2, 0.25) is 0 Å². The summed E-state index contributed by atoms with van der Waals surface area (Å²) >= 11 is 0. The highest BCUT2D eigenvalue weighted by Gasteiger charge is 2.45. The molecule has 1 aliphatic carbocycles. The van der Waals surface area contributed by atoms with Gasteiger partial charge in [0.25, 0.3) is 0 Å². The van der Waals surface area contributed by atoms with E-state index in [-0.39, 0.29) is 5.54 Å².